The van der Waals surface area contributed by atoms with Crippen LogP contribution in [-0.2, 0) is 0 Å². The van der Waals surface area contributed by atoms with Gasteiger partial charge in [-0.05, 0) is 43.9 Å². The standard InChI is InChI=1S/C11H16N2/c1-9-11(5-3-7-13-9)10-4-2-6-12-8-10/h3,5,7,10,12H,2,4,6,8H2,1H3. The van der Waals surface area contributed by atoms with Crippen LogP contribution in [0.1, 0.15) is 30.0 Å². The van der Waals surface area contributed by atoms with Crippen molar-refractivity contribution in [3.05, 3.63) is 29.6 Å². The predicted molar refractivity (Wildman–Crippen MR) is 53.8 cm³/mol. The van der Waals surface area contributed by atoms with E-state index < -0.39 is 0 Å². The van der Waals surface area contributed by atoms with E-state index in [0.29, 0.717) is 5.92 Å². The molecule has 13 heavy (non-hydrogen) atoms. The zero-order valence-electron chi connectivity index (χ0n) is 8.09. The zero-order valence-corrected chi connectivity index (χ0v) is 8.09. The van der Waals surface area contributed by atoms with E-state index in [-0.39, 0.29) is 0 Å². The molecule has 0 aromatic carbocycles. The Labute approximate surface area is 79.4 Å². The molecule has 0 aliphatic carbocycles. The quantitative estimate of drug-likeness (QED) is 0.706. The molecule has 1 fully saturated rings. The maximum Gasteiger partial charge on any atom is 0.0407 e. The van der Waals surface area contributed by atoms with Gasteiger partial charge >= 0.3 is 0 Å². The topological polar surface area (TPSA) is 24.9 Å². The Kier molecular flexibility index (Phi) is 2.60. The molecule has 0 bridgehead atoms. The fourth-order valence-electron chi connectivity index (χ4n) is 2.05. The maximum absolute atomic E-state index is 4.33. The van der Waals surface area contributed by atoms with Crippen LogP contribution in [0.4, 0.5) is 0 Å². The van der Waals surface area contributed by atoms with Crippen molar-refractivity contribution in [2.45, 2.75) is 25.7 Å². The number of aryl methyl sites for hydroxylation is 1. The van der Waals surface area contributed by atoms with E-state index in [1.165, 1.54) is 30.6 Å². The van der Waals surface area contributed by atoms with E-state index in [1.807, 2.05) is 12.3 Å². The van der Waals surface area contributed by atoms with Crippen molar-refractivity contribution in [1.82, 2.24) is 10.3 Å². The van der Waals surface area contributed by atoms with E-state index in [0.717, 1.165) is 6.54 Å². The van der Waals surface area contributed by atoms with E-state index in [2.05, 4.69) is 23.3 Å². The zero-order chi connectivity index (χ0) is 9.10. The first-order valence-corrected chi connectivity index (χ1v) is 5.00. The molecule has 1 atom stereocenters. The summed E-state index contributed by atoms with van der Waals surface area (Å²) < 4.78 is 0. The SMILES string of the molecule is Cc1ncccc1C1CCCNC1. The van der Waals surface area contributed by atoms with Crippen molar-refractivity contribution >= 4 is 0 Å². The molecule has 1 aliphatic rings. The van der Waals surface area contributed by atoms with Crippen LogP contribution < -0.4 is 5.32 Å². The molecule has 2 heterocycles. The van der Waals surface area contributed by atoms with E-state index in [4.69, 9.17) is 0 Å². The second kappa shape index (κ2) is 3.88. The predicted octanol–water partition coefficient (Wildman–Crippen LogP) is 1.86. The van der Waals surface area contributed by atoms with Crippen LogP contribution in [-0.4, -0.2) is 18.1 Å². The van der Waals surface area contributed by atoms with Gasteiger partial charge in [0.05, 0.1) is 0 Å². The van der Waals surface area contributed by atoms with Gasteiger partial charge in [-0.2, -0.15) is 0 Å². The van der Waals surface area contributed by atoms with Gasteiger partial charge in [0.2, 0.25) is 0 Å². The Hall–Kier alpha value is -0.890. The summed E-state index contributed by atoms with van der Waals surface area (Å²) in [6, 6.07) is 4.25. The second-order valence-corrected chi connectivity index (χ2v) is 3.72. The number of nitrogens with zero attached hydrogens (tertiary/aromatic N) is 1. The molecule has 2 rings (SSSR count). The third kappa shape index (κ3) is 1.89. The number of hydrogen-bond donors (Lipinski definition) is 1. The van der Waals surface area contributed by atoms with E-state index in [1.54, 1.807) is 0 Å². The van der Waals surface area contributed by atoms with Gasteiger partial charge in [-0.1, -0.05) is 6.07 Å². The molecule has 0 radical (unpaired) electrons. The van der Waals surface area contributed by atoms with Gasteiger partial charge in [-0.3, -0.25) is 4.98 Å². The molecule has 0 spiro atoms. The van der Waals surface area contributed by atoms with Crippen molar-refractivity contribution < 1.29 is 0 Å². The molecule has 1 aromatic rings. The molecule has 1 unspecified atom stereocenters. The smallest absolute Gasteiger partial charge is 0.0407 e. The molecule has 2 nitrogen and oxygen atoms in total. The van der Waals surface area contributed by atoms with Crippen LogP contribution in [0.15, 0.2) is 18.3 Å². The van der Waals surface area contributed by atoms with Crippen LogP contribution >= 0.6 is 0 Å². The number of aromatic nitrogens is 1. The maximum atomic E-state index is 4.33. The van der Waals surface area contributed by atoms with Gasteiger partial charge in [0, 0.05) is 18.4 Å². The summed E-state index contributed by atoms with van der Waals surface area (Å²) in [6.07, 6.45) is 4.47. The molecule has 1 aliphatic heterocycles. The second-order valence-electron chi connectivity index (χ2n) is 3.72. The lowest BCUT2D eigenvalue weighted by molar-refractivity contribution is 0.459. The molecule has 1 saturated heterocycles. The highest BCUT2D eigenvalue weighted by Gasteiger charge is 2.16. The van der Waals surface area contributed by atoms with Crippen LogP contribution in [0.2, 0.25) is 0 Å². The van der Waals surface area contributed by atoms with Crippen molar-refractivity contribution in [3.63, 3.8) is 0 Å². The molecule has 2 heteroatoms. The fourth-order valence-corrected chi connectivity index (χ4v) is 2.05. The largest absolute Gasteiger partial charge is 0.316 e. The number of piperidine rings is 1. The molecule has 0 saturated carbocycles. The minimum Gasteiger partial charge on any atom is -0.316 e. The average molecular weight is 176 g/mol. The normalized spacial score (nSPS) is 23.0. The number of nitrogens with one attached hydrogen (secondary N) is 1. The Morgan fingerprint density at radius 3 is 3.15 bits per heavy atom. The lowest BCUT2D eigenvalue weighted by atomic mass is 9.91. The summed E-state index contributed by atoms with van der Waals surface area (Å²) in [6.45, 7) is 4.40. The van der Waals surface area contributed by atoms with Crippen LogP contribution in [0.25, 0.3) is 0 Å². The summed E-state index contributed by atoms with van der Waals surface area (Å²) in [5.74, 6) is 0.683. The number of rotatable bonds is 1. The highest BCUT2D eigenvalue weighted by Crippen LogP contribution is 2.24. The Bertz CT molecular complexity index is 277. The Morgan fingerprint density at radius 2 is 2.46 bits per heavy atom. The van der Waals surface area contributed by atoms with Crippen LogP contribution in [0, 0.1) is 6.92 Å². The average Bonchev–Trinajstić information content (AvgIpc) is 2.20. The summed E-state index contributed by atoms with van der Waals surface area (Å²) in [5.41, 5.74) is 2.62. The monoisotopic (exact) mass is 176 g/mol. The lowest BCUT2D eigenvalue weighted by Gasteiger charge is -2.23. The van der Waals surface area contributed by atoms with Gasteiger partial charge in [-0.25, -0.2) is 0 Å². The fraction of sp³-hybridized carbons (Fsp3) is 0.545. The van der Waals surface area contributed by atoms with Gasteiger partial charge < -0.3 is 5.32 Å². The number of pyridine rings is 1. The summed E-state index contributed by atoms with van der Waals surface area (Å²) >= 11 is 0. The molecule has 1 N–H and O–H groups in total. The highest BCUT2D eigenvalue weighted by atomic mass is 14.9. The Morgan fingerprint density at radius 1 is 1.54 bits per heavy atom. The minimum atomic E-state index is 0.683. The molecular weight excluding hydrogens is 160 g/mol. The third-order valence-corrected chi connectivity index (χ3v) is 2.78. The van der Waals surface area contributed by atoms with Crippen molar-refractivity contribution in [2.24, 2.45) is 0 Å². The first kappa shape index (κ1) is 8.70. The first-order valence-electron chi connectivity index (χ1n) is 5.00. The number of hydrogen-bond acceptors (Lipinski definition) is 2. The molecule has 0 amide bonds. The van der Waals surface area contributed by atoms with Crippen molar-refractivity contribution in [2.75, 3.05) is 13.1 Å². The molecule has 70 valence electrons. The highest BCUT2D eigenvalue weighted by molar-refractivity contribution is 5.23. The third-order valence-electron chi connectivity index (χ3n) is 2.78. The summed E-state index contributed by atoms with van der Waals surface area (Å²) in [7, 11) is 0. The summed E-state index contributed by atoms with van der Waals surface area (Å²) in [5, 5.41) is 3.43. The Balaban J connectivity index is 2.18. The van der Waals surface area contributed by atoms with Gasteiger partial charge in [0.15, 0.2) is 0 Å². The van der Waals surface area contributed by atoms with Crippen LogP contribution in [0.3, 0.4) is 0 Å². The van der Waals surface area contributed by atoms with Gasteiger partial charge in [0.1, 0.15) is 0 Å². The molecular formula is C11H16N2. The van der Waals surface area contributed by atoms with Crippen LogP contribution in [0.5, 0.6) is 0 Å². The van der Waals surface area contributed by atoms with Crippen molar-refractivity contribution in [1.29, 1.82) is 0 Å². The summed E-state index contributed by atoms with van der Waals surface area (Å²) in [4.78, 5) is 4.33. The van der Waals surface area contributed by atoms with Crippen molar-refractivity contribution in [3.8, 4) is 0 Å². The molecule has 1 aromatic heterocycles. The lowest BCUT2D eigenvalue weighted by Crippen LogP contribution is -2.28. The van der Waals surface area contributed by atoms with Gasteiger partial charge in [0.25, 0.3) is 0 Å². The van der Waals surface area contributed by atoms with Gasteiger partial charge in [-0.15, -0.1) is 0 Å². The first-order chi connectivity index (χ1) is 6.38. The van der Waals surface area contributed by atoms with E-state index in [9.17, 15) is 0 Å². The minimum absolute atomic E-state index is 0.683. The van der Waals surface area contributed by atoms with E-state index >= 15 is 0 Å².